The van der Waals surface area contributed by atoms with Gasteiger partial charge in [-0.15, -0.1) is 26.3 Å². The number of ether oxygens (including phenoxy) is 2. The Labute approximate surface area is 487 Å². The first-order valence-corrected chi connectivity index (χ1v) is 28.8. The molecule has 446 valence electrons. The molecule has 0 bridgehead atoms. The maximum Gasteiger partial charge on any atom is 0.573 e. The molecule has 0 atom stereocenters. The van der Waals surface area contributed by atoms with Gasteiger partial charge in [-0.05, 0) is 132 Å². The van der Waals surface area contributed by atoms with E-state index in [1.165, 1.54) is 65.3 Å². The fourth-order valence-corrected chi connectivity index (χ4v) is 9.86. The quantitative estimate of drug-likeness (QED) is 0.0714. The molecular weight excluding hydrogens is 1180 g/mol. The Bertz CT molecular complexity index is 4290. The third kappa shape index (κ3) is 16.0. The number of oxazole rings is 2. The summed E-state index contributed by atoms with van der Waals surface area (Å²) >= 11 is 0. The summed E-state index contributed by atoms with van der Waals surface area (Å²) in [6, 6.07) is 38.0. The molecule has 4 aromatic heterocycles. The number of alkyl halides is 6. The minimum absolute atomic E-state index is 0.148. The van der Waals surface area contributed by atoms with Crippen LogP contribution < -0.4 is 14.8 Å². The van der Waals surface area contributed by atoms with Crippen LogP contribution in [0.25, 0.3) is 78.8 Å². The van der Waals surface area contributed by atoms with Crippen molar-refractivity contribution in [3.05, 3.63) is 175 Å². The maximum atomic E-state index is 12.7. The van der Waals surface area contributed by atoms with Crippen molar-refractivity contribution in [3.8, 4) is 90.3 Å². The number of anilines is 1. The third-order valence-corrected chi connectivity index (χ3v) is 14.4. The van der Waals surface area contributed by atoms with E-state index in [2.05, 4.69) is 35.0 Å². The Morgan fingerprint density at radius 2 is 0.953 bits per heavy atom. The van der Waals surface area contributed by atoms with E-state index in [0.717, 1.165) is 37.3 Å². The number of rotatable bonds is 15. The van der Waals surface area contributed by atoms with Crippen LogP contribution in [0.1, 0.15) is 24.4 Å². The van der Waals surface area contributed by atoms with E-state index in [1.807, 2.05) is 43.5 Å². The number of aryl methyl sites for hydroxylation is 3. The van der Waals surface area contributed by atoms with Crippen molar-refractivity contribution >= 4 is 38.1 Å². The molecule has 27 heteroatoms. The second-order valence-corrected chi connectivity index (χ2v) is 22.2. The lowest BCUT2D eigenvalue weighted by Crippen LogP contribution is -2.16. The van der Waals surface area contributed by atoms with Crippen LogP contribution in [0, 0.1) is 13.8 Å². The number of nitrogens with zero attached hydrogens (tertiary/aromatic N) is 6. The first kappa shape index (κ1) is 63.6. The summed E-state index contributed by atoms with van der Waals surface area (Å²) in [7, 11) is -5.89. The minimum Gasteiger partial charge on any atom is -0.440 e. The molecule has 0 radical (unpaired) electrons. The van der Waals surface area contributed by atoms with E-state index in [9.17, 15) is 48.0 Å². The smallest absolute Gasteiger partial charge is 0.440 e. The molecular formula is C59H49F6N7O12S2. The average Bonchev–Trinajstić information content (AvgIpc) is 2.15. The van der Waals surface area contributed by atoms with Gasteiger partial charge in [0.15, 0.2) is 48.8 Å². The number of aromatic nitrogens is 6. The van der Waals surface area contributed by atoms with E-state index < -0.39 is 32.4 Å². The normalized spacial score (nSPS) is 11.4. The highest BCUT2D eigenvalue weighted by atomic mass is 32.2. The highest BCUT2D eigenvalue weighted by molar-refractivity contribution is 7.91. The molecule has 6 aromatic carbocycles. The summed E-state index contributed by atoms with van der Waals surface area (Å²) in [5.41, 5.74) is 7.62. The summed E-state index contributed by atoms with van der Waals surface area (Å²) in [6.45, 7) is 5.30. The number of nitrogens with one attached hydrogen (secondary N) is 1. The van der Waals surface area contributed by atoms with E-state index in [4.69, 9.17) is 23.5 Å². The number of hydrogen-bond donors (Lipinski definition) is 2. The molecule has 1 amide bonds. The first-order valence-electron chi connectivity index (χ1n) is 25.1. The van der Waals surface area contributed by atoms with E-state index in [-0.39, 0.29) is 27.4 Å². The van der Waals surface area contributed by atoms with Gasteiger partial charge in [0.05, 0.1) is 26.9 Å². The number of sulfone groups is 2. The van der Waals surface area contributed by atoms with Crippen LogP contribution in [0.2, 0.25) is 0 Å². The molecule has 10 rings (SSSR count). The van der Waals surface area contributed by atoms with Gasteiger partial charge in [-0.2, -0.15) is 19.8 Å². The van der Waals surface area contributed by atoms with Crippen LogP contribution in [0.5, 0.6) is 11.5 Å². The molecule has 0 aliphatic heterocycles. The van der Waals surface area contributed by atoms with Gasteiger partial charge < -0.3 is 28.7 Å². The molecule has 0 spiro atoms. The van der Waals surface area contributed by atoms with Crippen molar-refractivity contribution in [3.63, 3.8) is 0 Å². The summed E-state index contributed by atoms with van der Waals surface area (Å²) in [5, 5.41) is 18.5. The number of amides is 1. The molecule has 0 aliphatic carbocycles. The van der Waals surface area contributed by atoms with Gasteiger partial charge in [0.2, 0.25) is 6.41 Å². The number of aliphatic hydroxyl groups is 1. The molecule has 4 heterocycles. The zero-order valence-electron chi connectivity index (χ0n) is 46.0. The van der Waals surface area contributed by atoms with Crippen molar-refractivity contribution < 1.29 is 81.0 Å². The fraction of sp³-hybridized carbons (Fsp3) is 0.153. The van der Waals surface area contributed by atoms with Crippen molar-refractivity contribution in [1.29, 1.82) is 0 Å². The fourth-order valence-electron chi connectivity index (χ4n) is 8.53. The van der Waals surface area contributed by atoms with Crippen LogP contribution in [0.3, 0.4) is 0 Å². The molecule has 19 nitrogen and oxygen atoms in total. The maximum absolute atomic E-state index is 12.7. The Morgan fingerprint density at radius 3 is 1.33 bits per heavy atom. The van der Waals surface area contributed by atoms with Crippen molar-refractivity contribution in [2.24, 2.45) is 0 Å². The number of carbonyl (C=O) groups excluding carboxylic acids is 3. The van der Waals surface area contributed by atoms with Gasteiger partial charge in [-0.1, -0.05) is 43.3 Å². The summed E-state index contributed by atoms with van der Waals surface area (Å²) in [5.74, 6) is 0.883. The monoisotopic (exact) mass is 1230 g/mol. The SMILES string of the molecule is CCc1ccn(-c2ccc(-c3cccc(S(C)(=O)=O)c3)cc2-c2oc(C)nc2-c2ccc(OC(F)(F)F)cc2)n1.CO.Cc1nc(-c2ccc(OC(F)(F)F)cc2)c(-c2cc(-c3cccc(S(C)(=O)=O)c3)ccc2-n2ccc(NC=O)n2)o1.O=C=O. The van der Waals surface area contributed by atoms with Gasteiger partial charge in [-0.25, -0.2) is 36.2 Å². The predicted molar refractivity (Wildman–Crippen MR) is 301 cm³/mol. The standard InChI is InChI=1S/C29H24F3N3O4S.C28H21F3N4O5S.CO2.CH4O/c1-4-22-14-15-35(34-22)26-13-10-21(20-6-5-7-24(16-20)40(3,36)37)17-25(26)28-27(33-18(2)38-28)19-8-11-23(12-9-19)39-29(30,31)32;1-17-33-26(18-6-9-21(10-7-18)40-28(29,30)31)27(39-17)23-15-20(19-4-3-5-22(14-19)41(2,37)38)8-11-24(23)35-13-12-25(34-35)32-16-36;2-1-3;1-2/h5-17H,4H2,1-3H3;3-16H,1-2H3,(H,32,34,36);;2H,1H3. The van der Waals surface area contributed by atoms with Crippen molar-refractivity contribution in [2.75, 3.05) is 24.9 Å². The van der Waals surface area contributed by atoms with Gasteiger partial charge >= 0.3 is 18.9 Å². The van der Waals surface area contributed by atoms with Crippen LogP contribution >= 0.6 is 0 Å². The largest absolute Gasteiger partial charge is 0.573 e. The molecule has 0 saturated heterocycles. The highest BCUT2D eigenvalue weighted by Gasteiger charge is 2.32. The molecule has 0 saturated carbocycles. The molecule has 0 aliphatic rings. The minimum atomic E-state index is -4.83. The summed E-state index contributed by atoms with van der Waals surface area (Å²) in [6.07, 6.45) is -2.43. The highest BCUT2D eigenvalue weighted by Crippen LogP contribution is 2.42. The Kier molecular flexibility index (Phi) is 19.8. The van der Waals surface area contributed by atoms with Crippen molar-refractivity contribution in [2.45, 2.75) is 49.7 Å². The van der Waals surface area contributed by atoms with E-state index in [1.54, 1.807) is 79.3 Å². The van der Waals surface area contributed by atoms with Crippen LogP contribution in [-0.2, 0) is 40.5 Å². The zero-order valence-corrected chi connectivity index (χ0v) is 47.6. The number of aliphatic hydroxyl groups excluding tert-OH is 1. The van der Waals surface area contributed by atoms with Gasteiger partial charge in [0.1, 0.15) is 22.9 Å². The van der Waals surface area contributed by atoms with Crippen molar-refractivity contribution in [1.82, 2.24) is 29.5 Å². The summed E-state index contributed by atoms with van der Waals surface area (Å²) < 4.78 is 148. The van der Waals surface area contributed by atoms with E-state index in [0.29, 0.717) is 97.2 Å². The van der Waals surface area contributed by atoms with Gasteiger partial charge in [-0.3, -0.25) is 4.79 Å². The number of benzene rings is 6. The molecule has 0 unspecified atom stereocenters. The lowest BCUT2D eigenvalue weighted by molar-refractivity contribution is -0.275. The Hall–Kier alpha value is -9.95. The molecule has 86 heavy (non-hydrogen) atoms. The second kappa shape index (κ2) is 26.7. The van der Waals surface area contributed by atoms with E-state index >= 15 is 0 Å². The topological polar surface area (TPSA) is 258 Å². The first-order chi connectivity index (χ1) is 40.7. The average molecular weight is 1230 g/mol. The zero-order chi connectivity index (χ0) is 62.7. The molecule has 10 aromatic rings. The van der Waals surface area contributed by atoms with Gasteiger partial charge in [0.25, 0.3) is 0 Å². The van der Waals surface area contributed by atoms with Crippen LogP contribution in [-0.4, -0.2) is 96.4 Å². The van der Waals surface area contributed by atoms with Crippen LogP contribution in [0.15, 0.2) is 177 Å². The second-order valence-electron chi connectivity index (χ2n) is 18.1. The summed E-state index contributed by atoms with van der Waals surface area (Å²) in [4.78, 5) is 36.5. The lowest BCUT2D eigenvalue weighted by atomic mass is 9.98. The third-order valence-electron chi connectivity index (χ3n) is 12.2. The lowest BCUT2D eigenvalue weighted by Gasteiger charge is -2.13. The van der Waals surface area contributed by atoms with Crippen LogP contribution in [0.4, 0.5) is 32.2 Å². The Balaban J connectivity index is 0.000000229. The number of hydrogen-bond acceptors (Lipinski definition) is 16. The molecule has 2 N–H and O–H groups in total. The number of carbonyl (C=O) groups is 1. The predicted octanol–water partition coefficient (Wildman–Crippen LogP) is 12.1. The Morgan fingerprint density at radius 1 is 0.570 bits per heavy atom. The number of halogens is 6. The molecule has 0 fully saturated rings. The van der Waals surface area contributed by atoms with Gasteiger partial charge in [0, 0.05) is 74.2 Å².